The number of rotatable bonds is 28. The Morgan fingerprint density at radius 3 is 1.86 bits per heavy atom. The molecule has 1 aromatic heterocycles. The molecule has 0 bridgehead atoms. The number of unbranched alkanes of at least 4 members (excludes halogenated alkanes) is 2. The molecule has 350 valence electrons. The van der Waals surface area contributed by atoms with Gasteiger partial charge in [0.15, 0.2) is 24.4 Å². The number of ether oxygens (including phenoxy) is 10. The molecule has 63 heavy (non-hydrogen) atoms. The van der Waals surface area contributed by atoms with Crippen molar-refractivity contribution in [3.63, 3.8) is 0 Å². The summed E-state index contributed by atoms with van der Waals surface area (Å²) in [6.07, 6.45) is 4.45. The van der Waals surface area contributed by atoms with E-state index in [4.69, 9.17) is 47.4 Å². The molecule has 0 amide bonds. The summed E-state index contributed by atoms with van der Waals surface area (Å²) in [4.78, 5) is 81.4. The first-order chi connectivity index (χ1) is 30.2. The number of hydrogen-bond donors (Lipinski definition) is 0. The number of aliphatic imine (C=N–C) groups is 1. The van der Waals surface area contributed by atoms with Gasteiger partial charge in [-0.05, 0) is 30.8 Å². The molecule has 2 saturated heterocycles. The van der Waals surface area contributed by atoms with Gasteiger partial charge in [0.2, 0.25) is 6.33 Å². The molecular formula is C42H60IN4O16+. The summed E-state index contributed by atoms with van der Waals surface area (Å²) in [5.41, 5.74) is 0.210. The summed E-state index contributed by atoms with van der Waals surface area (Å²) >= 11 is 2.06. The van der Waals surface area contributed by atoms with Crippen LogP contribution in [0.3, 0.4) is 0 Å². The lowest BCUT2D eigenvalue weighted by Gasteiger charge is -2.21. The van der Waals surface area contributed by atoms with Crippen LogP contribution in [0.1, 0.15) is 66.2 Å². The molecule has 3 rings (SSSR count). The number of halogens is 1. The summed E-state index contributed by atoms with van der Waals surface area (Å²) in [7, 11) is 0. The number of hydrogen-bond acceptors (Lipinski definition) is 17. The van der Waals surface area contributed by atoms with Crippen LogP contribution in [0.5, 0.6) is 0 Å². The van der Waals surface area contributed by atoms with Crippen LogP contribution in [-0.4, -0.2) is 141 Å². The van der Waals surface area contributed by atoms with Gasteiger partial charge >= 0.3 is 36.2 Å². The van der Waals surface area contributed by atoms with Gasteiger partial charge in [-0.25, -0.2) is 28.3 Å². The molecule has 0 aliphatic carbocycles. The van der Waals surface area contributed by atoms with Gasteiger partial charge in [-0.2, -0.15) is 0 Å². The molecule has 2 aliphatic heterocycles. The Morgan fingerprint density at radius 2 is 1.35 bits per heavy atom. The average Bonchev–Trinajstić information content (AvgIpc) is 3.99. The van der Waals surface area contributed by atoms with Crippen molar-refractivity contribution >= 4 is 65.1 Å². The molecule has 0 radical (unpaired) electrons. The molecule has 20 nitrogen and oxygen atoms in total. The Kier molecular flexibility index (Phi) is 23.8. The van der Waals surface area contributed by atoms with E-state index >= 15 is 0 Å². The first-order valence-electron chi connectivity index (χ1n) is 20.7. The molecular weight excluding hydrogens is 943 g/mol. The highest BCUT2D eigenvalue weighted by Crippen LogP contribution is 2.31. The third-order valence-electron chi connectivity index (χ3n) is 9.12. The van der Waals surface area contributed by atoms with Gasteiger partial charge in [-0.3, -0.25) is 14.6 Å². The first-order valence-corrected chi connectivity index (χ1v) is 22.0. The maximum Gasteiger partial charge on any atom is 0.509 e. The lowest BCUT2D eigenvalue weighted by molar-refractivity contribution is -0.696. The Morgan fingerprint density at radius 1 is 0.825 bits per heavy atom. The fourth-order valence-corrected chi connectivity index (χ4v) is 6.09. The molecule has 2 unspecified atom stereocenters. The van der Waals surface area contributed by atoms with Crippen LogP contribution in [0.2, 0.25) is 0 Å². The van der Waals surface area contributed by atoms with E-state index in [2.05, 4.69) is 54.6 Å². The third-order valence-corrected chi connectivity index (χ3v) is 9.45. The van der Waals surface area contributed by atoms with Gasteiger partial charge in [0.05, 0.1) is 38.9 Å². The minimum absolute atomic E-state index is 0.0225. The molecule has 0 spiro atoms. The van der Waals surface area contributed by atoms with Gasteiger partial charge in [0.25, 0.3) is 0 Å². The van der Waals surface area contributed by atoms with E-state index < -0.39 is 99.2 Å². The van der Waals surface area contributed by atoms with Crippen LogP contribution in [0.25, 0.3) is 0 Å². The maximum atomic E-state index is 13.0. The number of nitrogens with zero attached hydrogens (tertiary/aromatic N) is 4. The molecule has 2 aliphatic rings. The molecule has 0 saturated carbocycles. The van der Waals surface area contributed by atoms with Gasteiger partial charge in [0.1, 0.15) is 57.6 Å². The fraction of sp³-hybridized carbons (Fsp3) is 0.619. The third kappa shape index (κ3) is 19.9. The van der Waals surface area contributed by atoms with Crippen LogP contribution < -0.4 is 4.57 Å². The lowest BCUT2D eigenvalue weighted by atomic mass is 10.1. The SMILES string of the molecule is C=C(C)C(=O)OCC(COC(=O)CCn1cc[n+](CCCC)c1)OC(=O)O[C@H]1CO[C@H]2[C@@H]1OC[C@H]2OC(=O)OC(COC(=O)CCN(C=NCCCC)/C=C\I)COC(=O)C(=C)C. The molecule has 21 heteroatoms. The number of esters is 4. The van der Waals surface area contributed by atoms with E-state index in [-0.39, 0.29) is 43.7 Å². The summed E-state index contributed by atoms with van der Waals surface area (Å²) in [6, 6.07) is 0. The van der Waals surface area contributed by atoms with Crippen LogP contribution in [-0.2, 0) is 79.6 Å². The van der Waals surface area contributed by atoms with Crippen molar-refractivity contribution in [2.24, 2.45) is 4.99 Å². The van der Waals surface area contributed by atoms with Gasteiger partial charge < -0.3 is 52.3 Å². The molecule has 3 heterocycles. The van der Waals surface area contributed by atoms with Crippen molar-refractivity contribution in [2.45, 2.75) is 116 Å². The Balaban J connectivity index is 1.51. The fourth-order valence-electron chi connectivity index (χ4n) is 5.68. The van der Waals surface area contributed by atoms with Crippen LogP contribution in [0.15, 0.2) is 58.3 Å². The second-order valence-corrected chi connectivity index (χ2v) is 15.4. The zero-order chi connectivity index (χ0) is 46.1. The Bertz CT molecular complexity index is 1750. The van der Waals surface area contributed by atoms with Crippen molar-refractivity contribution in [1.29, 1.82) is 0 Å². The largest absolute Gasteiger partial charge is 0.509 e. The molecule has 2 fully saturated rings. The molecule has 0 aromatic carbocycles. The van der Waals surface area contributed by atoms with E-state index in [0.29, 0.717) is 13.1 Å². The molecule has 6 atom stereocenters. The second kappa shape index (κ2) is 28.6. The number of carbonyl (C=O) groups is 6. The van der Waals surface area contributed by atoms with Crippen molar-refractivity contribution in [1.82, 2.24) is 9.47 Å². The number of imidazole rings is 1. The topological polar surface area (TPSA) is 219 Å². The Hall–Kier alpha value is -5.03. The minimum Gasteiger partial charge on any atom is -0.462 e. The lowest BCUT2D eigenvalue weighted by Crippen LogP contribution is -2.38. The second-order valence-electron chi connectivity index (χ2n) is 14.6. The highest BCUT2D eigenvalue weighted by atomic mass is 127. The van der Waals surface area contributed by atoms with E-state index in [9.17, 15) is 28.8 Å². The van der Waals surface area contributed by atoms with E-state index in [0.717, 1.165) is 32.2 Å². The van der Waals surface area contributed by atoms with Crippen molar-refractivity contribution < 1.29 is 80.7 Å². The predicted molar refractivity (Wildman–Crippen MR) is 230 cm³/mol. The maximum absolute atomic E-state index is 13.0. The average molecular weight is 1000 g/mol. The predicted octanol–water partition coefficient (Wildman–Crippen LogP) is 4.30. The molecule has 1 aromatic rings. The van der Waals surface area contributed by atoms with Gasteiger partial charge in [0, 0.05) is 30.4 Å². The highest BCUT2D eigenvalue weighted by molar-refractivity contribution is 14.1. The highest BCUT2D eigenvalue weighted by Gasteiger charge is 2.52. The Labute approximate surface area is 380 Å². The summed E-state index contributed by atoms with van der Waals surface area (Å²) in [5.74, 6) is -2.66. The monoisotopic (exact) mass is 1000 g/mol. The number of carbonyl (C=O) groups excluding carboxylic acids is 6. The number of fused-ring (bicyclic) bond motifs is 1. The minimum atomic E-state index is -1.25. The van der Waals surface area contributed by atoms with Gasteiger partial charge in [-0.1, -0.05) is 62.4 Å². The van der Waals surface area contributed by atoms with Gasteiger partial charge in [-0.15, -0.1) is 0 Å². The first kappa shape index (κ1) is 52.3. The summed E-state index contributed by atoms with van der Waals surface area (Å²) < 4.78 is 59.9. The summed E-state index contributed by atoms with van der Waals surface area (Å²) in [6.45, 7) is 14.1. The van der Waals surface area contributed by atoms with E-state index in [1.165, 1.54) is 13.8 Å². The molecule has 0 N–H and O–H groups in total. The van der Waals surface area contributed by atoms with Crippen LogP contribution >= 0.6 is 22.6 Å². The van der Waals surface area contributed by atoms with E-state index in [1.54, 1.807) is 21.5 Å². The smallest absolute Gasteiger partial charge is 0.462 e. The van der Waals surface area contributed by atoms with Crippen LogP contribution in [0, 0.1) is 0 Å². The van der Waals surface area contributed by atoms with E-state index in [1.807, 2.05) is 27.9 Å². The number of aryl methyl sites for hydroxylation is 2. The standard InChI is InChI=1S/C42H60IN4O16/c1-7-9-14-44-27-45(18-13-43)16-11-35(48)54-21-31(23-58-39(50)29(3)4)60-41(52)62-33-25-56-38-34(26-57-37(33)38)63-42(53)61-32(24-59-40(51)30(5)6)22-55-36(49)12-17-47-20-19-46(28-47)15-10-8-2/h13,18-20,27-28,31-34,37-38H,3,5,7-12,14-17,21-26H2,1-2,4,6H3/q+1/b18-13-,44-27?/t31?,32?,33-,34+,37-,38-/m1/s1. The zero-order valence-electron chi connectivity index (χ0n) is 36.4. The van der Waals surface area contributed by atoms with Crippen molar-refractivity contribution in [2.75, 3.05) is 52.7 Å². The summed E-state index contributed by atoms with van der Waals surface area (Å²) in [5, 5.41) is 0. The normalized spacial score (nSPS) is 18.8. The zero-order valence-corrected chi connectivity index (χ0v) is 38.5. The van der Waals surface area contributed by atoms with Crippen LogP contribution in [0.4, 0.5) is 9.59 Å². The number of aromatic nitrogens is 2. The quantitative estimate of drug-likeness (QED) is 0.0167. The van der Waals surface area contributed by atoms with Crippen molar-refractivity contribution in [3.05, 3.63) is 53.3 Å². The van der Waals surface area contributed by atoms with Crippen molar-refractivity contribution in [3.8, 4) is 0 Å².